The lowest BCUT2D eigenvalue weighted by molar-refractivity contribution is -0.120. The van der Waals surface area contributed by atoms with Crippen LogP contribution in [0.25, 0.3) is 0 Å². The van der Waals surface area contributed by atoms with Gasteiger partial charge < -0.3 is 20.5 Å². The van der Waals surface area contributed by atoms with E-state index >= 15 is 0 Å². The molecule has 0 bridgehead atoms. The fraction of sp³-hybridized carbons (Fsp3) is 0.500. The summed E-state index contributed by atoms with van der Waals surface area (Å²) in [7, 11) is 1.48. The van der Waals surface area contributed by atoms with Crippen molar-refractivity contribution in [3.05, 3.63) is 23.8 Å². The van der Waals surface area contributed by atoms with Crippen LogP contribution in [0.5, 0.6) is 5.75 Å². The average molecular weight is 415 g/mol. The molecule has 156 valence electrons. The third-order valence-electron chi connectivity index (χ3n) is 4.03. The second kappa shape index (κ2) is 12.2. The van der Waals surface area contributed by atoms with Gasteiger partial charge in [-0.1, -0.05) is 0 Å². The maximum absolute atomic E-state index is 12.4. The Bertz CT molecular complexity index is 686. The largest absolute Gasteiger partial charge is 0.495 e. The van der Waals surface area contributed by atoms with Gasteiger partial charge in [-0.15, -0.1) is 12.4 Å². The summed E-state index contributed by atoms with van der Waals surface area (Å²) >= 11 is 0. The van der Waals surface area contributed by atoms with Crippen LogP contribution in [0.3, 0.4) is 0 Å². The van der Waals surface area contributed by atoms with Crippen molar-refractivity contribution in [3.8, 4) is 5.75 Å². The number of amides is 4. The number of nitrogens with one attached hydrogen (secondary N) is 2. The number of urea groups is 1. The van der Waals surface area contributed by atoms with Crippen LogP contribution in [0.4, 0.5) is 10.5 Å². The molecule has 1 aliphatic rings. The van der Waals surface area contributed by atoms with Crippen LogP contribution in [-0.2, 0) is 9.53 Å². The van der Waals surface area contributed by atoms with E-state index in [0.29, 0.717) is 49.7 Å². The van der Waals surface area contributed by atoms with Crippen molar-refractivity contribution >= 4 is 35.9 Å². The molecule has 1 aromatic rings. The van der Waals surface area contributed by atoms with E-state index in [2.05, 4.69) is 10.6 Å². The second-order valence-corrected chi connectivity index (χ2v) is 6.01. The number of hydrogen-bond donors (Lipinski definition) is 3. The van der Waals surface area contributed by atoms with Gasteiger partial charge in [0, 0.05) is 38.3 Å². The molecule has 0 spiro atoms. The van der Waals surface area contributed by atoms with Crippen LogP contribution >= 0.6 is 12.4 Å². The van der Waals surface area contributed by atoms with Crippen molar-refractivity contribution < 1.29 is 23.9 Å². The van der Waals surface area contributed by atoms with Gasteiger partial charge in [0.25, 0.3) is 5.91 Å². The number of hydrogen-bond acceptors (Lipinski definition) is 6. The van der Waals surface area contributed by atoms with Gasteiger partial charge in [-0.3, -0.25) is 19.8 Å². The average Bonchev–Trinajstić information content (AvgIpc) is 2.66. The fourth-order valence-corrected chi connectivity index (χ4v) is 2.60. The number of benzene rings is 1. The Morgan fingerprint density at radius 1 is 1.29 bits per heavy atom. The van der Waals surface area contributed by atoms with Crippen LogP contribution in [0.15, 0.2) is 18.2 Å². The summed E-state index contributed by atoms with van der Waals surface area (Å²) in [4.78, 5) is 37.2. The maximum Gasteiger partial charge on any atom is 0.328 e. The zero-order valence-corrected chi connectivity index (χ0v) is 16.7. The Kier molecular flexibility index (Phi) is 10.3. The van der Waals surface area contributed by atoms with Gasteiger partial charge in [0.2, 0.25) is 5.91 Å². The highest BCUT2D eigenvalue weighted by Gasteiger charge is 2.27. The SMILES string of the molecule is COc1ccc(C(=O)NCCCOCCCN)cc1N1CCC(=O)NC1=O.Cl. The Labute approximate surface area is 170 Å². The normalized spacial score (nSPS) is 13.6. The number of methoxy groups -OCH3 is 1. The number of carbonyl (C=O) groups excluding carboxylic acids is 3. The molecule has 0 unspecified atom stereocenters. The molecule has 28 heavy (non-hydrogen) atoms. The van der Waals surface area contributed by atoms with Crippen LogP contribution in [0, 0.1) is 0 Å². The Hall–Kier alpha value is -2.36. The van der Waals surface area contributed by atoms with Gasteiger partial charge in [-0.05, 0) is 37.6 Å². The topological polar surface area (TPSA) is 123 Å². The lowest BCUT2D eigenvalue weighted by Crippen LogP contribution is -2.49. The quantitative estimate of drug-likeness (QED) is 0.492. The summed E-state index contributed by atoms with van der Waals surface area (Å²) in [5.41, 5.74) is 6.23. The van der Waals surface area contributed by atoms with E-state index in [1.807, 2.05) is 0 Å². The van der Waals surface area contributed by atoms with Crippen LogP contribution in [0.2, 0.25) is 0 Å². The number of carbonyl (C=O) groups is 3. The molecule has 2 rings (SSSR count). The molecule has 9 nitrogen and oxygen atoms in total. The molecule has 1 aromatic carbocycles. The molecule has 1 heterocycles. The first-order chi connectivity index (χ1) is 13.1. The van der Waals surface area contributed by atoms with E-state index in [-0.39, 0.29) is 37.2 Å². The van der Waals surface area contributed by atoms with Gasteiger partial charge in [-0.2, -0.15) is 0 Å². The van der Waals surface area contributed by atoms with Crippen LogP contribution < -0.4 is 26.0 Å². The third kappa shape index (κ3) is 6.66. The number of nitrogens with zero attached hydrogens (tertiary/aromatic N) is 1. The monoisotopic (exact) mass is 414 g/mol. The fourth-order valence-electron chi connectivity index (χ4n) is 2.60. The second-order valence-electron chi connectivity index (χ2n) is 6.01. The van der Waals surface area contributed by atoms with Gasteiger partial charge >= 0.3 is 6.03 Å². The Balaban J connectivity index is 0.00000392. The van der Waals surface area contributed by atoms with E-state index in [9.17, 15) is 14.4 Å². The Morgan fingerprint density at radius 3 is 2.71 bits per heavy atom. The first-order valence-corrected chi connectivity index (χ1v) is 8.92. The summed E-state index contributed by atoms with van der Waals surface area (Å²) in [5, 5.41) is 5.08. The van der Waals surface area contributed by atoms with Crippen molar-refractivity contribution in [2.45, 2.75) is 19.3 Å². The summed E-state index contributed by atoms with van der Waals surface area (Å²) in [6, 6.07) is 4.31. The molecule has 4 N–H and O–H groups in total. The van der Waals surface area contributed by atoms with Crippen molar-refractivity contribution in [1.82, 2.24) is 10.6 Å². The van der Waals surface area contributed by atoms with E-state index in [1.54, 1.807) is 18.2 Å². The van der Waals surface area contributed by atoms with Gasteiger partial charge in [-0.25, -0.2) is 4.79 Å². The predicted octanol–water partition coefficient (Wildman–Crippen LogP) is 1.05. The van der Waals surface area contributed by atoms with Crippen molar-refractivity contribution in [3.63, 3.8) is 0 Å². The summed E-state index contributed by atoms with van der Waals surface area (Å²) in [6.45, 7) is 2.47. The predicted molar refractivity (Wildman–Crippen MR) is 107 cm³/mol. The molecule has 0 saturated carbocycles. The first-order valence-electron chi connectivity index (χ1n) is 8.92. The minimum atomic E-state index is -0.531. The van der Waals surface area contributed by atoms with Crippen LogP contribution in [0.1, 0.15) is 29.6 Å². The smallest absolute Gasteiger partial charge is 0.328 e. The highest BCUT2D eigenvalue weighted by Crippen LogP contribution is 2.30. The molecule has 1 fully saturated rings. The minimum Gasteiger partial charge on any atom is -0.495 e. The minimum absolute atomic E-state index is 0. The zero-order chi connectivity index (χ0) is 19.6. The number of ether oxygens (including phenoxy) is 2. The lowest BCUT2D eigenvalue weighted by atomic mass is 10.1. The summed E-state index contributed by atoms with van der Waals surface area (Å²) < 4.78 is 10.7. The van der Waals surface area contributed by atoms with E-state index in [0.717, 1.165) is 6.42 Å². The molecule has 0 atom stereocenters. The Morgan fingerprint density at radius 2 is 2.04 bits per heavy atom. The number of nitrogens with two attached hydrogens (primary N) is 1. The third-order valence-corrected chi connectivity index (χ3v) is 4.03. The molecule has 0 radical (unpaired) electrons. The molecular formula is C18H27ClN4O5. The van der Waals surface area contributed by atoms with Gasteiger partial charge in [0.05, 0.1) is 12.8 Å². The number of halogens is 1. The molecule has 1 saturated heterocycles. The van der Waals surface area contributed by atoms with E-state index in [1.165, 1.54) is 12.0 Å². The number of anilines is 1. The maximum atomic E-state index is 12.4. The number of imide groups is 1. The number of rotatable bonds is 10. The molecule has 4 amide bonds. The lowest BCUT2D eigenvalue weighted by Gasteiger charge is -2.28. The highest BCUT2D eigenvalue weighted by atomic mass is 35.5. The van der Waals surface area contributed by atoms with Gasteiger partial charge in [0.15, 0.2) is 0 Å². The molecular weight excluding hydrogens is 388 g/mol. The summed E-state index contributed by atoms with van der Waals surface area (Å²) in [5.74, 6) is -0.128. The summed E-state index contributed by atoms with van der Waals surface area (Å²) in [6.07, 6.45) is 1.70. The molecule has 10 heteroatoms. The van der Waals surface area contributed by atoms with E-state index in [4.69, 9.17) is 15.2 Å². The molecule has 1 aliphatic heterocycles. The van der Waals surface area contributed by atoms with Crippen molar-refractivity contribution in [1.29, 1.82) is 0 Å². The molecule has 0 aliphatic carbocycles. The highest BCUT2D eigenvalue weighted by molar-refractivity contribution is 6.07. The van der Waals surface area contributed by atoms with Crippen molar-refractivity contribution in [2.75, 3.05) is 44.9 Å². The zero-order valence-electron chi connectivity index (χ0n) is 15.9. The van der Waals surface area contributed by atoms with E-state index < -0.39 is 6.03 Å². The van der Waals surface area contributed by atoms with Gasteiger partial charge in [0.1, 0.15) is 5.75 Å². The molecule has 0 aromatic heterocycles. The standard InChI is InChI=1S/C18H26N4O5.ClH/c1-26-15-5-4-13(17(24)20-8-3-11-27-10-2-7-19)12-14(15)22-9-6-16(23)21-18(22)25;/h4-5,12H,2-3,6-11,19H2,1H3,(H,20,24)(H,21,23,25);1H. The van der Waals surface area contributed by atoms with Crippen LogP contribution in [-0.4, -0.2) is 57.8 Å². The first kappa shape index (κ1) is 23.7. The van der Waals surface area contributed by atoms with Crippen molar-refractivity contribution in [2.24, 2.45) is 5.73 Å².